The van der Waals surface area contributed by atoms with E-state index in [-0.39, 0.29) is 11.7 Å². The highest BCUT2D eigenvalue weighted by Crippen LogP contribution is 2.39. The molecule has 0 aliphatic rings. The lowest BCUT2D eigenvalue weighted by atomic mass is 9.74. The summed E-state index contributed by atoms with van der Waals surface area (Å²) >= 11 is 0. The summed E-state index contributed by atoms with van der Waals surface area (Å²) in [5, 5.41) is 10.9. The van der Waals surface area contributed by atoms with Crippen molar-refractivity contribution in [1.82, 2.24) is 0 Å². The number of rotatable bonds is 9. The number of hydrogen-bond acceptors (Lipinski definition) is 2. The standard InChI is InChI=1S/C15H32O2/c1-7-13(8-2)17-15(11-5,12-6)14(16,9-3)10-4/h13,16H,7-12H2,1-6H3. The summed E-state index contributed by atoms with van der Waals surface area (Å²) in [5.74, 6) is 0. The SMILES string of the molecule is CCC(CC)OC(CC)(CC)C(O)(CC)CC. The molecule has 0 spiro atoms. The Morgan fingerprint density at radius 2 is 1.24 bits per heavy atom. The van der Waals surface area contributed by atoms with Gasteiger partial charge in [-0.2, -0.15) is 0 Å². The fourth-order valence-corrected chi connectivity index (χ4v) is 2.85. The first-order valence-corrected chi connectivity index (χ1v) is 7.39. The van der Waals surface area contributed by atoms with Crippen LogP contribution in [-0.2, 0) is 4.74 Å². The van der Waals surface area contributed by atoms with Crippen LogP contribution in [0.1, 0.15) is 80.1 Å². The van der Waals surface area contributed by atoms with Crippen LogP contribution in [0.2, 0.25) is 0 Å². The second-order valence-electron chi connectivity index (χ2n) is 5.00. The van der Waals surface area contributed by atoms with Gasteiger partial charge in [0.1, 0.15) is 0 Å². The average molecular weight is 244 g/mol. The quantitative estimate of drug-likeness (QED) is 0.655. The van der Waals surface area contributed by atoms with Gasteiger partial charge < -0.3 is 9.84 Å². The summed E-state index contributed by atoms with van der Waals surface area (Å²) in [6.45, 7) is 12.7. The van der Waals surface area contributed by atoms with Gasteiger partial charge in [-0.15, -0.1) is 0 Å². The molecule has 0 saturated carbocycles. The molecule has 0 heterocycles. The molecule has 0 aromatic carbocycles. The number of ether oxygens (including phenoxy) is 1. The predicted octanol–water partition coefficient (Wildman–Crippen LogP) is 4.30. The summed E-state index contributed by atoms with van der Waals surface area (Å²) in [4.78, 5) is 0. The summed E-state index contributed by atoms with van der Waals surface area (Å²) in [7, 11) is 0. The van der Waals surface area contributed by atoms with Gasteiger partial charge in [0.25, 0.3) is 0 Å². The van der Waals surface area contributed by atoms with E-state index >= 15 is 0 Å². The van der Waals surface area contributed by atoms with Crippen LogP contribution in [0, 0.1) is 0 Å². The first kappa shape index (κ1) is 16.9. The lowest BCUT2D eigenvalue weighted by Crippen LogP contribution is -2.56. The van der Waals surface area contributed by atoms with Crippen molar-refractivity contribution in [3.63, 3.8) is 0 Å². The Kier molecular flexibility index (Phi) is 7.34. The van der Waals surface area contributed by atoms with Gasteiger partial charge >= 0.3 is 0 Å². The molecule has 0 amide bonds. The summed E-state index contributed by atoms with van der Waals surface area (Å²) in [6, 6.07) is 0. The highest BCUT2D eigenvalue weighted by Gasteiger charge is 2.47. The smallest absolute Gasteiger partial charge is 0.0966 e. The van der Waals surface area contributed by atoms with Gasteiger partial charge in [-0.25, -0.2) is 0 Å². The zero-order valence-electron chi connectivity index (χ0n) is 12.7. The highest BCUT2D eigenvalue weighted by molar-refractivity contribution is 4.99. The van der Waals surface area contributed by atoms with Crippen LogP contribution < -0.4 is 0 Å². The van der Waals surface area contributed by atoms with Gasteiger partial charge in [0.2, 0.25) is 0 Å². The van der Waals surface area contributed by atoms with Crippen LogP contribution in [0.5, 0.6) is 0 Å². The molecular formula is C15H32O2. The Morgan fingerprint density at radius 3 is 1.47 bits per heavy atom. The van der Waals surface area contributed by atoms with Crippen molar-refractivity contribution in [2.24, 2.45) is 0 Å². The molecule has 0 saturated heterocycles. The molecule has 0 aliphatic carbocycles. The van der Waals surface area contributed by atoms with E-state index in [1.165, 1.54) is 0 Å². The second kappa shape index (κ2) is 7.38. The van der Waals surface area contributed by atoms with E-state index < -0.39 is 5.60 Å². The zero-order chi connectivity index (χ0) is 13.5. The third-order valence-corrected chi connectivity index (χ3v) is 4.46. The zero-order valence-corrected chi connectivity index (χ0v) is 12.7. The van der Waals surface area contributed by atoms with Crippen LogP contribution >= 0.6 is 0 Å². The maximum Gasteiger partial charge on any atom is 0.0966 e. The molecule has 0 atom stereocenters. The molecule has 2 heteroatoms. The number of aliphatic hydroxyl groups is 1. The minimum absolute atomic E-state index is 0.263. The van der Waals surface area contributed by atoms with E-state index in [1.54, 1.807) is 0 Å². The van der Waals surface area contributed by atoms with Crippen LogP contribution in [-0.4, -0.2) is 22.4 Å². The van der Waals surface area contributed by atoms with Crippen LogP contribution in [0.4, 0.5) is 0 Å². The van der Waals surface area contributed by atoms with E-state index in [4.69, 9.17) is 4.74 Å². The van der Waals surface area contributed by atoms with Gasteiger partial charge in [-0.05, 0) is 38.5 Å². The molecule has 17 heavy (non-hydrogen) atoms. The van der Waals surface area contributed by atoms with Crippen molar-refractivity contribution < 1.29 is 9.84 Å². The van der Waals surface area contributed by atoms with E-state index in [2.05, 4.69) is 41.5 Å². The largest absolute Gasteiger partial charge is 0.387 e. The summed E-state index contributed by atoms with van der Waals surface area (Å²) < 4.78 is 6.33. The summed E-state index contributed by atoms with van der Waals surface area (Å²) in [5.41, 5.74) is -1.08. The molecule has 0 aromatic heterocycles. The summed E-state index contributed by atoms with van der Waals surface area (Å²) in [6.07, 6.45) is 5.55. The third kappa shape index (κ3) is 3.45. The predicted molar refractivity (Wildman–Crippen MR) is 74.3 cm³/mol. The minimum Gasteiger partial charge on any atom is -0.387 e. The van der Waals surface area contributed by atoms with Crippen molar-refractivity contribution in [1.29, 1.82) is 0 Å². The van der Waals surface area contributed by atoms with Crippen LogP contribution in [0.3, 0.4) is 0 Å². The Hall–Kier alpha value is -0.0800. The minimum atomic E-state index is -0.695. The highest BCUT2D eigenvalue weighted by atomic mass is 16.5. The lowest BCUT2D eigenvalue weighted by Gasteiger charge is -2.47. The Morgan fingerprint density at radius 1 is 0.824 bits per heavy atom. The molecule has 0 radical (unpaired) electrons. The van der Waals surface area contributed by atoms with Gasteiger partial charge in [0.05, 0.1) is 17.3 Å². The maximum atomic E-state index is 10.9. The molecule has 0 bridgehead atoms. The Balaban J connectivity index is 5.13. The van der Waals surface area contributed by atoms with Gasteiger partial charge in [-0.3, -0.25) is 0 Å². The van der Waals surface area contributed by atoms with E-state index in [0.29, 0.717) is 0 Å². The van der Waals surface area contributed by atoms with Gasteiger partial charge in [0, 0.05) is 0 Å². The first-order chi connectivity index (χ1) is 7.99. The van der Waals surface area contributed by atoms with Crippen molar-refractivity contribution in [2.75, 3.05) is 0 Å². The number of hydrogen-bond donors (Lipinski definition) is 1. The van der Waals surface area contributed by atoms with Crippen molar-refractivity contribution in [2.45, 2.75) is 97.4 Å². The average Bonchev–Trinajstić information content (AvgIpc) is 2.40. The monoisotopic (exact) mass is 244 g/mol. The molecule has 104 valence electrons. The lowest BCUT2D eigenvalue weighted by molar-refractivity contribution is -0.215. The fraction of sp³-hybridized carbons (Fsp3) is 1.00. The van der Waals surface area contributed by atoms with Crippen molar-refractivity contribution in [3.8, 4) is 0 Å². The van der Waals surface area contributed by atoms with Crippen molar-refractivity contribution >= 4 is 0 Å². The topological polar surface area (TPSA) is 29.5 Å². The molecule has 0 aliphatic heterocycles. The molecule has 1 N–H and O–H groups in total. The van der Waals surface area contributed by atoms with E-state index in [9.17, 15) is 5.11 Å². The van der Waals surface area contributed by atoms with Crippen LogP contribution in [0.15, 0.2) is 0 Å². The van der Waals surface area contributed by atoms with Crippen LogP contribution in [0.25, 0.3) is 0 Å². The molecule has 0 fully saturated rings. The molecule has 0 rings (SSSR count). The normalized spacial score (nSPS) is 13.4. The third-order valence-electron chi connectivity index (χ3n) is 4.46. The first-order valence-electron chi connectivity index (χ1n) is 7.39. The Labute approximate surface area is 108 Å². The maximum absolute atomic E-state index is 10.9. The Bertz CT molecular complexity index is 189. The fourth-order valence-electron chi connectivity index (χ4n) is 2.85. The van der Waals surface area contributed by atoms with E-state index in [0.717, 1.165) is 38.5 Å². The van der Waals surface area contributed by atoms with Gasteiger partial charge in [0.15, 0.2) is 0 Å². The molecule has 2 nitrogen and oxygen atoms in total. The molecule has 0 aromatic rings. The van der Waals surface area contributed by atoms with Gasteiger partial charge in [-0.1, -0.05) is 41.5 Å². The molecule has 0 unspecified atom stereocenters. The van der Waals surface area contributed by atoms with E-state index in [1.807, 2.05) is 0 Å². The molecular weight excluding hydrogens is 212 g/mol. The van der Waals surface area contributed by atoms with Crippen molar-refractivity contribution in [3.05, 3.63) is 0 Å². The second-order valence-corrected chi connectivity index (χ2v) is 5.00.